The Morgan fingerprint density at radius 1 is 1.65 bits per heavy atom. The summed E-state index contributed by atoms with van der Waals surface area (Å²) in [7, 11) is 0. The van der Waals surface area contributed by atoms with Crippen molar-refractivity contribution >= 4 is 23.3 Å². The van der Waals surface area contributed by atoms with Gasteiger partial charge in [-0.15, -0.1) is 0 Å². The molecule has 2 N–H and O–H groups in total. The van der Waals surface area contributed by atoms with Crippen molar-refractivity contribution < 1.29 is 9.53 Å². The van der Waals surface area contributed by atoms with E-state index in [4.69, 9.17) is 22.1 Å². The Morgan fingerprint density at radius 3 is 3.06 bits per heavy atom. The van der Waals surface area contributed by atoms with Crippen LogP contribution in [0.4, 0.5) is 5.82 Å². The largest absolute Gasteiger partial charge is 0.377 e. The van der Waals surface area contributed by atoms with E-state index >= 15 is 0 Å². The van der Waals surface area contributed by atoms with E-state index in [1.54, 1.807) is 6.07 Å². The number of rotatable bonds is 2. The van der Waals surface area contributed by atoms with Crippen LogP contribution in [-0.2, 0) is 4.74 Å². The molecule has 1 aromatic rings. The number of morpholine rings is 1. The lowest BCUT2D eigenvalue weighted by atomic mass is 10.2. The Bertz CT molecular complexity index is 440. The van der Waals surface area contributed by atoms with Crippen LogP contribution in [0.1, 0.15) is 17.4 Å². The fourth-order valence-electron chi connectivity index (χ4n) is 1.75. The summed E-state index contributed by atoms with van der Waals surface area (Å²) in [5.74, 6) is -0.00828. The molecule has 6 nitrogen and oxygen atoms in total. The molecule has 1 atom stereocenters. The first-order valence-electron chi connectivity index (χ1n) is 5.26. The van der Waals surface area contributed by atoms with Crippen LogP contribution in [0.2, 0.25) is 5.28 Å². The molecule has 17 heavy (non-hydrogen) atoms. The minimum absolute atomic E-state index is 0.0231. The fourth-order valence-corrected chi connectivity index (χ4v) is 1.92. The van der Waals surface area contributed by atoms with Gasteiger partial charge in [0.2, 0.25) is 5.28 Å². The normalized spacial score (nSPS) is 20.4. The maximum absolute atomic E-state index is 11.1. The third-order valence-electron chi connectivity index (χ3n) is 2.60. The predicted octanol–water partition coefficient (Wildman–Crippen LogP) is 0.454. The van der Waals surface area contributed by atoms with Gasteiger partial charge in [-0.25, -0.2) is 9.97 Å². The number of aromatic nitrogens is 2. The molecule has 0 radical (unpaired) electrons. The van der Waals surface area contributed by atoms with Gasteiger partial charge in [0, 0.05) is 12.6 Å². The Kier molecular flexibility index (Phi) is 3.44. The zero-order valence-corrected chi connectivity index (χ0v) is 10.1. The summed E-state index contributed by atoms with van der Waals surface area (Å²) >= 11 is 5.77. The molecule has 7 heteroatoms. The summed E-state index contributed by atoms with van der Waals surface area (Å²) < 4.78 is 5.33. The Hall–Kier alpha value is -1.40. The van der Waals surface area contributed by atoms with Crippen molar-refractivity contribution in [3.8, 4) is 0 Å². The standard InChI is InChI=1S/C10H13ClN4O2/c1-6-5-17-3-2-15(6)8-4-7(9(12)16)13-10(11)14-8/h4,6H,2-3,5H2,1H3,(H2,12,16)/t6-/m1/s1. The van der Waals surface area contributed by atoms with Crippen LogP contribution >= 0.6 is 11.6 Å². The summed E-state index contributed by atoms with van der Waals surface area (Å²) in [6.07, 6.45) is 0. The number of carbonyl (C=O) groups is 1. The van der Waals surface area contributed by atoms with Crippen LogP contribution < -0.4 is 10.6 Å². The van der Waals surface area contributed by atoms with E-state index in [0.717, 1.165) is 0 Å². The van der Waals surface area contributed by atoms with Crippen molar-refractivity contribution in [1.29, 1.82) is 0 Å². The summed E-state index contributed by atoms with van der Waals surface area (Å²) in [6, 6.07) is 1.73. The van der Waals surface area contributed by atoms with Crippen LogP contribution in [-0.4, -0.2) is 41.7 Å². The molecule has 1 amide bonds. The third-order valence-corrected chi connectivity index (χ3v) is 2.77. The molecule has 1 fully saturated rings. The van der Waals surface area contributed by atoms with Gasteiger partial charge in [-0.2, -0.15) is 0 Å². The average molecular weight is 257 g/mol. The van der Waals surface area contributed by atoms with E-state index in [0.29, 0.717) is 25.6 Å². The Morgan fingerprint density at radius 2 is 2.41 bits per heavy atom. The van der Waals surface area contributed by atoms with Gasteiger partial charge in [-0.3, -0.25) is 4.79 Å². The molecule has 0 aromatic carbocycles. The van der Waals surface area contributed by atoms with Crippen LogP contribution in [0.25, 0.3) is 0 Å². The molecule has 1 aromatic heterocycles. The number of nitrogens with two attached hydrogens (primary N) is 1. The van der Waals surface area contributed by atoms with Gasteiger partial charge in [0.1, 0.15) is 11.5 Å². The lowest BCUT2D eigenvalue weighted by molar-refractivity contribution is 0.0982. The summed E-state index contributed by atoms with van der Waals surface area (Å²) in [4.78, 5) is 21.0. The molecule has 0 bridgehead atoms. The molecule has 1 aliphatic heterocycles. The number of hydrogen-bond donors (Lipinski definition) is 1. The van der Waals surface area contributed by atoms with Crippen molar-refractivity contribution in [2.45, 2.75) is 13.0 Å². The van der Waals surface area contributed by atoms with Crippen molar-refractivity contribution in [3.05, 3.63) is 17.0 Å². The molecule has 2 heterocycles. The molecule has 92 valence electrons. The van der Waals surface area contributed by atoms with E-state index in [2.05, 4.69) is 9.97 Å². The number of hydrogen-bond acceptors (Lipinski definition) is 5. The summed E-state index contributed by atoms with van der Waals surface area (Å²) in [6.45, 7) is 3.96. The quantitative estimate of drug-likeness (QED) is 0.777. The Labute approximate surface area is 104 Å². The SMILES string of the molecule is C[C@@H]1COCCN1c1cc(C(N)=O)nc(Cl)n1. The van der Waals surface area contributed by atoms with E-state index in [-0.39, 0.29) is 17.0 Å². The van der Waals surface area contributed by atoms with Crippen molar-refractivity contribution in [1.82, 2.24) is 9.97 Å². The van der Waals surface area contributed by atoms with E-state index in [1.165, 1.54) is 0 Å². The van der Waals surface area contributed by atoms with Crippen LogP contribution in [0, 0.1) is 0 Å². The summed E-state index contributed by atoms with van der Waals surface area (Å²) in [5, 5.41) is 0.0231. The molecule has 2 rings (SSSR count). The first-order chi connectivity index (χ1) is 8.08. The van der Waals surface area contributed by atoms with Gasteiger partial charge in [0.25, 0.3) is 5.91 Å². The lowest BCUT2D eigenvalue weighted by Crippen LogP contribution is -2.44. The van der Waals surface area contributed by atoms with Crippen LogP contribution in [0.3, 0.4) is 0 Å². The van der Waals surface area contributed by atoms with Crippen molar-refractivity contribution in [3.63, 3.8) is 0 Å². The monoisotopic (exact) mass is 256 g/mol. The molecule has 0 unspecified atom stereocenters. The van der Waals surface area contributed by atoms with Gasteiger partial charge in [0.05, 0.1) is 19.3 Å². The van der Waals surface area contributed by atoms with Gasteiger partial charge < -0.3 is 15.4 Å². The maximum atomic E-state index is 11.1. The summed E-state index contributed by atoms with van der Waals surface area (Å²) in [5.41, 5.74) is 5.31. The lowest BCUT2D eigenvalue weighted by Gasteiger charge is -2.34. The highest BCUT2D eigenvalue weighted by Gasteiger charge is 2.21. The van der Waals surface area contributed by atoms with Crippen molar-refractivity contribution in [2.75, 3.05) is 24.7 Å². The number of nitrogens with zero attached hydrogens (tertiary/aromatic N) is 3. The minimum Gasteiger partial charge on any atom is -0.377 e. The van der Waals surface area contributed by atoms with Crippen LogP contribution in [0.15, 0.2) is 6.07 Å². The topological polar surface area (TPSA) is 81.3 Å². The number of primary amides is 1. The van der Waals surface area contributed by atoms with E-state index in [1.807, 2.05) is 11.8 Å². The van der Waals surface area contributed by atoms with E-state index < -0.39 is 5.91 Å². The first-order valence-corrected chi connectivity index (χ1v) is 5.64. The second-order valence-electron chi connectivity index (χ2n) is 3.86. The maximum Gasteiger partial charge on any atom is 0.267 e. The number of amides is 1. The van der Waals surface area contributed by atoms with Gasteiger partial charge >= 0.3 is 0 Å². The second-order valence-corrected chi connectivity index (χ2v) is 4.20. The number of halogens is 1. The van der Waals surface area contributed by atoms with Gasteiger partial charge in [-0.1, -0.05) is 0 Å². The highest BCUT2D eigenvalue weighted by atomic mass is 35.5. The first kappa shape index (κ1) is 12.1. The van der Waals surface area contributed by atoms with Crippen LogP contribution in [0.5, 0.6) is 0 Å². The molecule has 0 spiro atoms. The number of carbonyl (C=O) groups excluding carboxylic acids is 1. The zero-order chi connectivity index (χ0) is 12.4. The minimum atomic E-state index is -0.614. The molecule has 1 saturated heterocycles. The molecule has 0 aliphatic carbocycles. The third kappa shape index (κ3) is 2.65. The van der Waals surface area contributed by atoms with Gasteiger partial charge in [0.15, 0.2) is 0 Å². The van der Waals surface area contributed by atoms with Crippen molar-refractivity contribution in [2.24, 2.45) is 5.73 Å². The number of ether oxygens (including phenoxy) is 1. The molecular weight excluding hydrogens is 244 g/mol. The zero-order valence-electron chi connectivity index (χ0n) is 9.39. The fraction of sp³-hybridized carbons (Fsp3) is 0.500. The molecule has 0 saturated carbocycles. The van der Waals surface area contributed by atoms with E-state index in [9.17, 15) is 4.79 Å². The molecular formula is C10H13ClN4O2. The predicted molar refractivity (Wildman–Crippen MR) is 63.2 cm³/mol. The highest BCUT2D eigenvalue weighted by molar-refractivity contribution is 6.28. The average Bonchev–Trinajstić information content (AvgIpc) is 2.28. The smallest absolute Gasteiger partial charge is 0.267 e. The Balaban J connectivity index is 2.33. The highest BCUT2D eigenvalue weighted by Crippen LogP contribution is 2.19. The number of anilines is 1. The van der Waals surface area contributed by atoms with Gasteiger partial charge in [-0.05, 0) is 18.5 Å². The molecule has 1 aliphatic rings. The second kappa shape index (κ2) is 4.85.